The summed E-state index contributed by atoms with van der Waals surface area (Å²) in [6.45, 7) is 2.47. The van der Waals surface area contributed by atoms with E-state index in [-0.39, 0.29) is 86.4 Å². The number of thioether (sulfide) groups is 3. The molecule has 0 aromatic heterocycles. The maximum absolute atomic E-state index is 14.4. The molecule has 3 saturated heterocycles. The summed E-state index contributed by atoms with van der Waals surface area (Å²) in [6, 6.07) is -15.7. The van der Waals surface area contributed by atoms with Crippen LogP contribution in [0.4, 0.5) is 4.79 Å². The third kappa shape index (κ3) is 33.5. The Morgan fingerprint density at radius 3 is 1.59 bits per heavy atom. The number of amides is 17. The van der Waals surface area contributed by atoms with Gasteiger partial charge in [-0.1, -0.05) is 26.7 Å². The molecule has 596 valence electrons. The molecule has 106 heavy (non-hydrogen) atoms. The van der Waals surface area contributed by atoms with Crippen LogP contribution in [0.1, 0.15) is 124 Å². The molecule has 45 heteroatoms. The van der Waals surface area contributed by atoms with E-state index in [0.717, 1.165) is 17.1 Å². The predicted octanol–water partition coefficient (Wildman–Crippen LogP) is -6.40. The Labute approximate surface area is 623 Å². The van der Waals surface area contributed by atoms with Crippen LogP contribution in [-0.2, 0) is 90.6 Å². The van der Waals surface area contributed by atoms with Gasteiger partial charge < -0.3 is 111 Å². The molecule has 0 unspecified atom stereocenters. The van der Waals surface area contributed by atoms with Gasteiger partial charge in [-0.3, -0.25) is 86.0 Å². The van der Waals surface area contributed by atoms with Crippen LogP contribution in [0.2, 0.25) is 0 Å². The fourth-order valence-electron chi connectivity index (χ4n) is 10.9. The first-order chi connectivity index (χ1) is 49.9. The molecule has 0 aromatic rings. The number of urea groups is 1. The third-order valence-corrected chi connectivity index (χ3v) is 20.3. The molecule has 41 nitrogen and oxygen atoms in total. The minimum Gasteiger partial charge on any atom is -0.481 e. The summed E-state index contributed by atoms with van der Waals surface area (Å²) in [6.07, 6.45) is 2.07. The molecule has 0 radical (unpaired) electrons. The summed E-state index contributed by atoms with van der Waals surface area (Å²) in [7, 11) is -5.42. The van der Waals surface area contributed by atoms with Gasteiger partial charge >= 0.3 is 25.8 Å². The highest BCUT2D eigenvalue weighted by molar-refractivity contribution is 8.00. The lowest BCUT2D eigenvalue weighted by Gasteiger charge is -2.30. The molecular weight excluding hydrogens is 1480 g/mol. The average molecular weight is 1580 g/mol. The molecule has 0 spiro atoms. The number of rotatable bonds is 50. The number of nitrogens with zero attached hydrogens (tertiary/aromatic N) is 1. The zero-order valence-corrected chi connectivity index (χ0v) is 62.9. The Morgan fingerprint density at radius 1 is 0.585 bits per heavy atom. The molecule has 0 bridgehead atoms. The predicted molar refractivity (Wildman–Crippen MR) is 381 cm³/mol. The van der Waals surface area contributed by atoms with Crippen molar-refractivity contribution in [3.8, 4) is 0 Å². The van der Waals surface area contributed by atoms with Crippen molar-refractivity contribution in [1.82, 2.24) is 79.3 Å². The third-order valence-electron chi connectivity index (χ3n) is 17.0. The molecule has 0 aliphatic carbocycles. The lowest BCUT2D eigenvalue weighted by Crippen LogP contribution is -2.61. The van der Waals surface area contributed by atoms with E-state index in [4.69, 9.17) is 11.5 Å². The first-order valence-electron chi connectivity index (χ1n) is 34.1. The topological polar surface area (TPSA) is 638 Å². The monoisotopic (exact) mass is 1580 g/mol. The number of phosphoric acid groups is 1. The number of carboxylic acid groups (broad SMARTS) is 2. The van der Waals surface area contributed by atoms with Crippen LogP contribution in [0.15, 0.2) is 0 Å². The lowest BCUT2D eigenvalue weighted by atomic mass is 9.98. The maximum Gasteiger partial charge on any atom is 0.469 e. The number of primary amides is 2. The van der Waals surface area contributed by atoms with Crippen molar-refractivity contribution >= 4 is 150 Å². The normalized spacial score (nSPS) is 18.7. The van der Waals surface area contributed by atoms with Gasteiger partial charge in [0.15, 0.2) is 0 Å². The summed E-state index contributed by atoms with van der Waals surface area (Å²) in [4.78, 5) is 255. The van der Waals surface area contributed by atoms with E-state index in [1.54, 1.807) is 38.1 Å². The van der Waals surface area contributed by atoms with Crippen LogP contribution < -0.4 is 85.9 Å². The smallest absolute Gasteiger partial charge is 0.469 e. The second-order valence-electron chi connectivity index (χ2n) is 25.3. The fourth-order valence-corrected chi connectivity index (χ4v) is 13.8. The van der Waals surface area contributed by atoms with E-state index >= 15 is 0 Å². The van der Waals surface area contributed by atoms with Gasteiger partial charge in [-0.15, -0.1) is 0 Å². The van der Waals surface area contributed by atoms with Gasteiger partial charge in [0, 0.05) is 43.2 Å². The van der Waals surface area contributed by atoms with Crippen molar-refractivity contribution in [2.24, 2.45) is 17.4 Å². The van der Waals surface area contributed by atoms with E-state index in [1.165, 1.54) is 37.4 Å². The van der Waals surface area contributed by atoms with Gasteiger partial charge in [-0.25, -0.2) is 9.36 Å². The zero-order chi connectivity index (χ0) is 79.5. The first-order valence-corrected chi connectivity index (χ1v) is 39.5. The summed E-state index contributed by atoms with van der Waals surface area (Å²) < 4.78 is 16.7. The highest BCUT2D eigenvalue weighted by Gasteiger charge is 2.44. The highest BCUT2D eigenvalue weighted by atomic mass is 32.2. The molecule has 17 amide bonds. The number of phosphoric ester groups is 1. The van der Waals surface area contributed by atoms with E-state index in [1.807, 2.05) is 0 Å². The standard InChI is InChI=1S/C61H100N17O24PS3/c1-7-30(2)49(51(63)88)76-58(95)33(14-17-42(62)79)69-46(83)27-66-52(89)31(3)68-59(96)40-11-10-22-78(40)60(97)38(28-102-103(99,100)101)74-57(94)37(21-24-105-6)73-55(92)35(16-19-48(86)87)71-56(93)36(20-23-104-5)72-54(91)34(15-18-47(84)85)70-53(90)32(4)67-45(82)26-65-44(81)25-64-43(80)13-9-8-12-41-50-39(29-106-41)75-61(98)77-50/h30-41,49-50H,7-29H2,1-6H3,(H2,62,79)(H2,63,88)(H,64,80)(H,65,81)(H,66,89)(H,67,82)(H,68,96)(H,69,83)(H,70,90)(H,71,93)(H,72,91)(H,73,92)(H,74,94)(H,76,95)(H,84,85)(H,86,87)(H2,75,77,98)(H2,99,100,101)/t30-,31-,32-,33-,34-,35-,36-,37-,38-,39-,40-,41-,49-,50-/m0/s1. The Bertz CT molecular complexity index is 3210. The summed E-state index contributed by atoms with van der Waals surface area (Å²) in [5.41, 5.74) is 10.7. The summed E-state index contributed by atoms with van der Waals surface area (Å²) in [5.74, 6) is -16.4. The second-order valence-corrected chi connectivity index (χ2v) is 29.7. The molecule has 0 saturated carbocycles. The second kappa shape index (κ2) is 46.5. The van der Waals surface area contributed by atoms with E-state index in [2.05, 4.69) is 79.0 Å². The number of aliphatic carboxylic acids is 2. The van der Waals surface area contributed by atoms with Crippen molar-refractivity contribution in [1.29, 1.82) is 0 Å². The number of unbranched alkanes of at least 4 members (excludes halogenated alkanes) is 1. The summed E-state index contributed by atoms with van der Waals surface area (Å²) in [5, 5.41) is 53.6. The minimum atomic E-state index is -5.42. The van der Waals surface area contributed by atoms with Crippen LogP contribution >= 0.6 is 43.1 Å². The van der Waals surface area contributed by atoms with Crippen molar-refractivity contribution < 1.29 is 115 Å². The number of carbonyl (C=O) groups excluding carboxylic acids is 16. The molecule has 3 aliphatic rings. The van der Waals surface area contributed by atoms with Crippen LogP contribution in [0.3, 0.4) is 0 Å². The number of nitrogens with one attached hydrogen (secondary N) is 14. The van der Waals surface area contributed by atoms with Crippen molar-refractivity contribution in [2.75, 3.05) is 62.6 Å². The maximum atomic E-state index is 14.4. The number of hydrogen-bond acceptors (Lipinski definition) is 23. The SMILES string of the molecule is CC[C@H](C)[C@H](NC(=O)[C@H](CCC(N)=O)NC(=O)CNC(=O)[C@H](C)NC(=O)[C@@H]1CCCN1C(=O)[C@H](COP(=O)(O)O)NC(=O)[C@H](CCSC)NC(=O)[C@H](CCC(=O)O)NC(=O)[C@H](CCSC)NC(=O)[C@H](CCC(=O)O)NC(=O)[C@H](C)NC(=O)CNC(=O)CNC(=O)CCCC[C@@H]1SC[C@@H]2NC(=O)N[C@@H]21)C(N)=O. The van der Waals surface area contributed by atoms with Crippen LogP contribution in [-0.4, -0.2) is 272 Å². The van der Waals surface area contributed by atoms with E-state index < -0.39 is 227 Å². The minimum absolute atomic E-state index is 0.0233. The molecule has 3 heterocycles. The van der Waals surface area contributed by atoms with E-state index in [9.17, 15) is 111 Å². The van der Waals surface area contributed by atoms with Gasteiger partial charge in [0.2, 0.25) is 88.6 Å². The Hall–Kier alpha value is -8.58. The summed E-state index contributed by atoms with van der Waals surface area (Å²) >= 11 is 4.11. The Balaban J connectivity index is 1.70. The molecule has 3 rings (SSSR count). The number of hydrogen-bond donors (Lipinski definition) is 20. The number of likely N-dealkylation sites (tertiary alicyclic amines) is 1. The molecule has 0 aromatic carbocycles. The van der Waals surface area contributed by atoms with Gasteiger partial charge in [-0.2, -0.15) is 35.3 Å². The molecule has 3 aliphatic heterocycles. The van der Waals surface area contributed by atoms with E-state index in [0.29, 0.717) is 19.3 Å². The van der Waals surface area contributed by atoms with Gasteiger partial charge in [0.05, 0.1) is 38.3 Å². The number of nitrogens with two attached hydrogens (primary N) is 2. The van der Waals surface area contributed by atoms with Crippen LogP contribution in [0.25, 0.3) is 0 Å². The lowest BCUT2D eigenvalue weighted by molar-refractivity contribution is -0.143. The largest absolute Gasteiger partial charge is 0.481 e. The zero-order valence-electron chi connectivity index (χ0n) is 59.6. The van der Waals surface area contributed by atoms with Gasteiger partial charge in [0.25, 0.3) is 0 Å². The molecule has 3 fully saturated rings. The quantitative estimate of drug-likeness (QED) is 0.0153. The van der Waals surface area contributed by atoms with Crippen LogP contribution in [0, 0.1) is 5.92 Å². The highest BCUT2D eigenvalue weighted by Crippen LogP contribution is 2.36. The fraction of sp³-hybridized carbons (Fsp3) is 0.705. The number of carboxylic acids is 2. The van der Waals surface area contributed by atoms with Gasteiger partial charge in [0.1, 0.15) is 60.4 Å². The Morgan fingerprint density at radius 2 is 1.07 bits per heavy atom. The van der Waals surface area contributed by atoms with Crippen molar-refractivity contribution in [2.45, 2.75) is 202 Å². The average Bonchev–Trinajstić information content (AvgIpc) is 1.70. The molecule has 22 N–H and O–H groups in total. The molecular formula is C61H100N17O24PS3. The number of carbonyl (C=O) groups is 18. The van der Waals surface area contributed by atoms with Crippen LogP contribution in [0.5, 0.6) is 0 Å². The van der Waals surface area contributed by atoms with Crippen molar-refractivity contribution in [3.63, 3.8) is 0 Å². The van der Waals surface area contributed by atoms with Crippen molar-refractivity contribution in [3.05, 3.63) is 0 Å². The number of fused-ring (bicyclic) bond motifs is 1. The Kier molecular flexibility index (Phi) is 40.2. The first kappa shape index (κ1) is 91.6. The molecule has 14 atom stereocenters. The van der Waals surface area contributed by atoms with Gasteiger partial charge in [-0.05, 0) is 102 Å².